The molecule has 0 aliphatic rings. The maximum Gasteiger partial charge on any atom is 0.252 e. The number of benzene rings is 1. The smallest absolute Gasteiger partial charge is 0.252 e. The van der Waals surface area contributed by atoms with Crippen molar-refractivity contribution < 1.29 is 10.0 Å². The highest BCUT2D eigenvalue weighted by Gasteiger charge is 2.19. The first kappa shape index (κ1) is 13.5. The minimum Gasteiger partial charge on any atom is -0.409 e. The molecule has 6 heteroatoms. The number of hydrogen-bond acceptors (Lipinski definition) is 4. The van der Waals surface area contributed by atoms with Crippen LogP contribution in [0.15, 0.2) is 60.0 Å². The molecule has 0 aliphatic heterocycles. The first-order valence-corrected chi connectivity index (χ1v) is 5.95. The summed E-state index contributed by atoms with van der Waals surface area (Å²) in [5.74, 6) is -0.411. The summed E-state index contributed by atoms with van der Waals surface area (Å²) in [7, 11) is 0. The molecule has 0 fully saturated rings. The molecule has 1 heterocycles. The van der Waals surface area contributed by atoms with Gasteiger partial charge in [-0.25, -0.2) is 0 Å². The standard InChI is InChI=1S/C14H14N4O2/c15-13(18-20)12(10-4-2-1-3-5-10)17-14(19)11-6-8-16-9-7-11/h1-9,12,20H,(H2,15,18)(H,17,19). The van der Waals surface area contributed by atoms with Crippen molar-refractivity contribution in [2.75, 3.05) is 0 Å². The summed E-state index contributed by atoms with van der Waals surface area (Å²) in [5, 5.41) is 14.5. The highest BCUT2D eigenvalue weighted by atomic mass is 16.4. The zero-order valence-electron chi connectivity index (χ0n) is 10.6. The van der Waals surface area contributed by atoms with Crippen LogP contribution in [0.2, 0.25) is 0 Å². The zero-order valence-corrected chi connectivity index (χ0v) is 10.6. The molecule has 0 spiro atoms. The van der Waals surface area contributed by atoms with Crippen LogP contribution >= 0.6 is 0 Å². The van der Waals surface area contributed by atoms with Crippen LogP contribution in [0.25, 0.3) is 0 Å². The van der Waals surface area contributed by atoms with Crippen molar-refractivity contribution in [3.05, 3.63) is 66.0 Å². The van der Waals surface area contributed by atoms with Crippen LogP contribution < -0.4 is 11.1 Å². The summed E-state index contributed by atoms with van der Waals surface area (Å²) < 4.78 is 0. The van der Waals surface area contributed by atoms with Gasteiger partial charge in [-0.2, -0.15) is 0 Å². The first-order chi connectivity index (χ1) is 9.72. The van der Waals surface area contributed by atoms with Crippen LogP contribution in [-0.4, -0.2) is 21.9 Å². The van der Waals surface area contributed by atoms with Gasteiger partial charge >= 0.3 is 0 Å². The molecule has 2 rings (SSSR count). The molecule has 102 valence electrons. The van der Waals surface area contributed by atoms with Crippen LogP contribution in [0.1, 0.15) is 22.0 Å². The molecule has 6 nitrogen and oxygen atoms in total. The van der Waals surface area contributed by atoms with Crippen molar-refractivity contribution >= 4 is 11.7 Å². The Kier molecular flexibility index (Phi) is 4.28. The molecule has 1 aromatic heterocycles. The van der Waals surface area contributed by atoms with Gasteiger partial charge in [-0.3, -0.25) is 9.78 Å². The van der Waals surface area contributed by atoms with Gasteiger partial charge in [0, 0.05) is 18.0 Å². The van der Waals surface area contributed by atoms with E-state index >= 15 is 0 Å². The minimum atomic E-state index is -0.693. The van der Waals surface area contributed by atoms with Crippen LogP contribution in [0.4, 0.5) is 0 Å². The lowest BCUT2D eigenvalue weighted by Gasteiger charge is -2.17. The average Bonchev–Trinajstić information content (AvgIpc) is 2.53. The summed E-state index contributed by atoms with van der Waals surface area (Å²) in [4.78, 5) is 16.0. The van der Waals surface area contributed by atoms with E-state index in [1.165, 1.54) is 12.4 Å². The number of carbonyl (C=O) groups excluding carboxylic acids is 1. The predicted octanol–water partition coefficient (Wildman–Crippen LogP) is 1.30. The number of pyridine rings is 1. The molecule has 1 atom stereocenters. The average molecular weight is 270 g/mol. The molecule has 4 N–H and O–H groups in total. The topological polar surface area (TPSA) is 101 Å². The normalized spacial score (nSPS) is 12.7. The number of rotatable bonds is 4. The van der Waals surface area contributed by atoms with Gasteiger partial charge in [-0.05, 0) is 17.7 Å². The van der Waals surface area contributed by atoms with E-state index in [2.05, 4.69) is 15.5 Å². The van der Waals surface area contributed by atoms with Gasteiger partial charge in [0.05, 0.1) is 0 Å². The Balaban J connectivity index is 2.24. The lowest BCUT2D eigenvalue weighted by atomic mass is 10.1. The summed E-state index contributed by atoms with van der Waals surface area (Å²) in [5.41, 5.74) is 6.83. The lowest BCUT2D eigenvalue weighted by Crippen LogP contribution is -2.37. The molecular weight excluding hydrogens is 256 g/mol. The van der Waals surface area contributed by atoms with E-state index in [1.807, 2.05) is 18.2 Å². The number of oxime groups is 1. The van der Waals surface area contributed by atoms with E-state index in [0.717, 1.165) is 5.56 Å². The maximum absolute atomic E-state index is 12.1. The van der Waals surface area contributed by atoms with Crippen LogP contribution in [0, 0.1) is 0 Å². The van der Waals surface area contributed by atoms with E-state index in [-0.39, 0.29) is 11.7 Å². The van der Waals surface area contributed by atoms with Gasteiger partial charge < -0.3 is 16.3 Å². The number of nitrogens with two attached hydrogens (primary N) is 1. The van der Waals surface area contributed by atoms with Gasteiger partial charge in [0.2, 0.25) is 0 Å². The fraction of sp³-hybridized carbons (Fsp3) is 0.0714. The number of aromatic nitrogens is 1. The fourth-order valence-electron chi connectivity index (χ4n) is 1.75. The van der Waals surface area contributed by atoms with Crippen molar-refractivity contribution in [2.24, 2.45) is 10.9 Å². The second-order valence-corrected chi connectivity index (χ2v) is 4.08. The maximum atomic E-state index is 12.1. The summed E-state index contributed by atoms with van der Waals surface area (Å²) in [6, 6.07) is 11.5. The van der Waals surface area contributed by atoms with E-state index < -0.39 is 6.04 Å². The molecule has 1 unspecified atom stereocenters. The SMILES string of the molecule is N/C(=N\O)C(NC(=O)c1ccncc1)c1ccccc1. The zero-order chi connectivity index (χ0) is 14.4. The van der Waals surface area contributed by atoms with Crippen molar-refractivity contribution in [2.45, 2.75) is 6.04 Å². The fourth-order valence-corrected chi connectivity index (χ4v) is 1.75. The molecule has 0 saturated heterocycles. The third-order valence-electron chi connectivity index (χ3n) is 2.76. The Labute approximate surface area is 115 Å². The molecule has 0 saturated carbocycles. The molecule has 0 aliphatic carbocycles. The van der Waals surface area contributed by atoms with Crippen molar-refractivity contribution in [1.29, 1.82) is 0 Å². The number of amides is 1. The van der Waals surface area contributed by atoms with Gasteiger partial charge in [0.1, 0.15) is 6.04 Å². The minimum absolute atomic E-state index is 0.0846. The van der Waals surface area contributed by atoms with Crippen molar-refractivity contribution in [3.63, 3.8) is 0 Å². The molecule has 0 radical (unpaired) electrons. The lowest BCUT2D eigenvalue weighted by molar-refractivity contribution is 0.0946. The highest BCUT2D eigenvalue weighted by Crippen LogP contribution is 2.13. The molecular formula is C14H14N4O2. The van der Waals surface area contributed by atoms with Crippen molar-refractivity contribution in [1.82, 2.24) is 10.3 Å². The van der Waals surface area contributed by atoms with Gasteiger partial charge in [-0.15, -0.1) is 0 Å². The van der Waals surface area contributed by atoms with Gasteiger partial charge in [0.25, 0.3) is 5.91 Å². The summed E-state index contributed by atoms with van der Waals surface area (Å²) in [6.07, 6.45) is 3.05. The van der Waals surface area contributed by atoms with Crippen LogP contribution in [0.5, 0.6) is 0 Å². The van der Waals surface area contributed by atoms with E-state index in [1.54, 1.807) is 24.3 Å². The van der Waals surface area contributed by atoms with Gasteiger partial charge in [-0.1, -0.05) is 35.5 Å². The molecule has 0 bridgehead atoms. The summed E-state index contributed by atoms with van der Waals surface area (Å²) in [6.45, 7) is 0. The Hall–Kier alpha value is -2.89. The first-order valence-electron chi connectivity index (χ1n) is 5.95. The van der Waals surface area contributed by atoms with Crippen molar-refractivity contribution in [3.8, 4) is 0 Å². The monoisotopic (exact) mass is 270 g/mol. The second-order valence-electron chi connectivity index (χ2n) is 4.08. The number of amidine groups is 1. The molecule has 2 aromatic rings. The molecule has 1 aromatic carbocycles. The van der Waals surface area contributed by atoms with Crippen LogP contribution in [0.3, 0.4) is 0 Å². The predicted molar refractivity (Wildman–Crippen MR) is 74.3 cm³/mol. The molecule has 20 heavy (non-hydrogen) atoms. The van der Waals surface area contributed by atoms with Crippen LogP contribution in [-0.2, 0) is 0 Å². The second kappa shape index (κ2) is 6.33. The number of hydrogen-bond donors (Lipinski definition) is 3. The van der Waals surface area contributed by atoms with E-state index in [4.69, 9.17) is 10.9 Å². The molecule has 1 amide bonds. The Bertz CT molecular complexity index is 599. The van der Waals surface area contributed by atoms with Gasteiger partial charge in [0.15, 0.2) is 5.84 Å². The Morgan fingerprint density at radius 1 is 1.20 bits per heavy atom. The third-order valence-corrected chi connectivity index (χ3v) is 2.76. The van der Waals surface area contributed by atoms with E-state index in [9.17, 15) is 4.79 Å². The van der Waals surface area contributed by atoms with E-state index in [0.29, 0.717) is 5.56 Å². The highest BCUT2D eigenvalue weighted by molar-refractivity contribution is 5.98. The Morgan fingerprint density at radius 3 is 2.45 bits per heavy atom. The Morgan fingerprint density at radius 2 is 1.85 bits per heavy atom. The summed E-state index contributed by atoms with van der Waals surface area (Å²) >= 11 is 0. The number of carbonyl (C=O) groups is 1. The largest absolute Gasteiger partial charge is 0.409 e. The third kappa shape index (κ3) is 3.11. The quantitative estimate of drug-likeness (QED) is 0.337. The number of nitrogens with one attached hydrogen (secondary N) is 1. The number of nitrogens with zero attached hydrogens (tertiary/aromatic N) is 2.